The summed E-state index contributed by atoms with van der Waals surface area (Å²) in [5.74, 6) is 0.699. The Hall–Kier alpha value is -2.37. The highest BCUT2D eigenvalue weighted by Crippen LogP contribution is 2.36. The first-order chi connectivity index (χ1) is 11.0. The van der Waals surface area contributed by atoms with E-state index in [0.29, 0.717) is 17.1 Å². The first kappa shape index (κ1) is 15.5. The third kappa shape index (κ3) is 2.93. The zero-order chi connectivity index (χ0) is 16.4. The third-order valence-corrected chi connectivity index (χ3v) is 3.85. The van der Waals surface area contributed by atoms with Gasteiger partial charge in [0.1, 0.15) is 5.75 Å². The van der Waals surface area contributed by atoms with Crippen molar-refractivity contribution in [2.24, 2.45) is 0 Å². The van der Waals surface area contributed by atoms with Crippen LogP contribution in [-0.4, -0.2) is 23.2 Å². The lowest BCUT2D eigenvalue weighted by Gasteiger charge is -2.17. The fraction of sp³-hybridized carbons (Fsp3) is 0.278. The van der Waals surface area contributed by atoms with Crippen molar-refractivity contribution in [1.29, 1.82) is 0 Å². The van der Waals surface area contributed by atoms with Crippen molar-refractivity contribution in [1.82, 2.24) is 0 Å². The van der Waals surface area contributed by atoms with Gasteiger partial charge in [-0.15, -0.1) is 0 Å². The Morgan fingerprint density at radius 3 is 2.30 bits per heavy atom. The summed E-state index contributed by atoms with van der Waals surface area (Å²) >= 11 is 0. The van der Waals surface area contributed by atoms with Crippen LogP contribution in [0.3, 0.4) is 0 Å². The second kappa shape index (κ2) is 6.02. The molecule has 1 heterocycles. The fourth-order valence-electron chi connectivity index (χ4n) is 2.62. The fourth-order valence-corrected chi connectivity index (χ4v) is 2.62. The van der Waals surface area contributed by atoms with E-state index in [0.717, 1.165) is 10.3 Å². The van der Waals surface area contributed by atoms with E-state index in [1.165, 1.54) is 0 Å². The van der Waals surface area contributed by atoms with Gasteiger partial charge in [0.15, 0.2) is 5.60 Å². The van der Waals surface area contributed by atoms with Crippen molar-refractivity contribution in [2.75, 3.05) is 7.11 Å². The maximum Gasteiger partial charge on any atom is 0.241 e. The molecule has 0 spiro atoms. The lowest BCUT2D eigenvalue weighted by Crippen LogP contribution is -2.35. The largest absolute Gasteiger partial charge is 0.618 e. The Balaban J connectivity index is 2.07. The molecule has 1 aliphatic heterocycles. The van der Waals surface area contributed by atoms with Gasteiger partial charge in [-0.3, -0.25) is 0 Å². The molecule has 0 radical (unpaired) electrons. The molecule has 1 fully saturated rings. The SMILES string of the molecule is COc1ccc(/[N+]([O-])=C2/C(c3ccccc3)OOC2(C)C)cc1. The summed E-state index contributed by atoms with van der Waals surface area (Å²) in [5.41, 5.74) is 1.07. The van der Waals surface area contributed by atoms with Gasteiger partial charge in [-0.05, 0) is 31.5 Å². The zero-order valence-corrected chi connectivity index (χ0v) is 13.4. The molecular weight excluding hydrogens is 294 g/mol. The van der Waals surface area contributed by atoms with E-state index < -0.39 is 11.7 Å². The van der Waals surface area contributed by atoms with Crippen LogP contribution in [0.1, 0.15) is 25.5 Å². The number of hydrogen-bond donors (Lipinski definition) is 0. The highest BCUT2D eigenvalue weighted by Gasteiger charge is 2.49. The summed E-state index contributed by atoms with van der Waals surface area (Å²) in [6, 6.07) is 16.5. The zero-order valence-electron chi connectivity index (χ0n) is 13.4. The summed E-state index contributed by atoms with van der Waals surface area (Å²) in [7, 11) is 1.59. The van der Waals surface area contributed by atoms with Gasteiger partial charge in [0.05, 0.1) is 7.11 Å². The van der Waals surface area contributed by atoms with Crippen LogP contribution in [-0.2, 0) is 9.78 Å². The number of methoxy groups -OCH3 is 1. The molecule has 0 amide bonds. The Labute approximate surface area is 135 Å². The van der Waals surface area contributed by atoms with Crippen molar-refractivity contribution in [3.63, 3.8) is 0 Å². The van der Waals surface area contributed by atoms with Crippen molar-refractivity contribution in [2.45, 2.75) is 25.6 Å². The highest BCUT2D eigenvalue weighted by molar-refractivity contribution is 5.94. The Morgan fingerprint density at radius 2 is 1.70 bits per heavy atom. The van der Waals surface area contributed by atoms with Crippen LogP contribution in [0, 0.1) is 5.21 Å². The van der Waals surface area contributed by atoms with E-state index in [9.17, 15) is 5.21 Å². The van der Waals surface area contributed by atoms with Crippen LogP contribution >= 0.6 is 0 Å². The molecular formula is C18H19NO4. The molecule has 1 atom stereocenters. The second-order valence-corrected chi connectivity index (χ2v) is 5.86. The van der Waals surface area contributed by atoms with Gasteiger partial charge in [0.25, 0.3) is 0 Å². The van der Waals surface area contributed by atoms with Crippen molar-refractivity contribution in [3.8, 4) is 5.75 Å². The molecule has 1 saturated heterocycles. The van der Waals surface area contributed by atoms with Crippen LogP contribution in [0.5, 0.6) is 5.75 Å². The Bertz CT molecular complexity index is 708. The van der Waals surface area contributed by atoms with Crippen LogP contribution < -0.4 is 4.74 Å². The van der Waals surface area contributed by atoms with E-state index in [1.807, 2.05) is 44.2 Å². The summed E-state index contributed by atoms with van der Waals surface area (Å²) in [4.78, 5) is 10.9. The molecule has 2 aromatic rings. The number of nitrogens with zero attached hydrogens (tertiary/aromatic N) is 1. The normalized spacial score (nSPS) is 22.0. The van der Waals surface area contributed by atoms with Crippen molar-refractivity contribution >= 4 is 11.4 Å². The number of benzene rings is 2. The Morgan fingerprint density at radius 1 is 1.04 bits per heavy atom. The van der Waals surface area contributed by atoms with Gasteiger partial charge in [-0.1, -0.05) is 30.3 Å². The molecule has 5 nitrogen and oxygen atoms in total. The van der Waals surface area contributed by atoms with Crippen LogP contribution in [0.25, 0.3) is 0 Å². The number of hydrogen-bond acceptors (Lipinski definition) is 4. The van der Waals surface area contributed by atoms with Gasteiger partial charge >= 0.3 is 0 Å². The van der Waals surface area contributed by atoms with Crippen molar-refractivity contribution < 1.29 is 19.3 Å². The standard InChI is InChI=1S/C18H19NO4/c1-18(2)17(16(22-23-18)13-7-5-4-6-8-13)19(20)14-9-11-15(21-3)12-10-14/h4-12,16H,1-3H3/b19-17+. The van der Waals surface area contributed by atoms with E-state index >= 15 is 0 Å². The highest BCUT2D eigenvalue weighted by atomic mass is 17.2. The van der Waals surface area contributed by atoms with Crippen molar-refractivity contribution in [3.05, 3.63) is 65.4 Å². The molecule has 120 valence electrons. The van der Waals surface area contributed by atoms with Gasteiger partial charge in [-0.2, -0.15) is 4.74 Å². The molecule has 0 N–H and O–H groups in total. The minimum Gasteiger partial charge on any atom is -0.618 e. The second-order valence-electron chi connectivity index (χ2n) is 5.86. The quantitative estimate of drug-likeness (QED) is 0.375. The van der Waals surface area contributed by atoms with E-state index in [-0.39, 0.29) is 0 Å². The predicted molar refractivity (Wildman–Crippen MR) is 86.7 cm³/mol. The minimum atomic E-state index is -0.817. The van der Waals surface area contributed by atoms with E-state index in [4.69, 9.17) is 14.5 Å². The molecule has 2 aromatic carbocycles. The van der Waals surface area contributed by atoms with Gasteiger partial charge in [0.2, 0.25) is 17.5 Å². The minimum absolute atomic E-state index is 0.504. The maximum absolute atomic E-state index is 12.9. The van der Waals surface area contributed by atoms with E-state index in [1.54, 1.807) is 31.4 Å². The molecule has 23 heavy (non-hydrogen) atoms. The summed E-state index contributed by atoms with van der Waals surface area (Å²) in [6.45, 7) is 3.64. The molecule has 0 saturated carbocycles. The number of ether oxygens (including phenoxy) is 1. The summed E-state index contributed by atoms with van der Waals surface area (Å²) in [6.07, 6.45) is -0.536. The van der Waals surface area contributed by atoms with Gasteiger partial charge in [0, 0.05) is 12.1 Å². The molecule has 0 bridgehead atoms. The predicted octanol–water partition coefficient (Wildman–Crippen LogP) is 3.76. The van der Waals surface area contributed by atoms with E-state index in [2.05, 4.69) is 0 Å². The maximum atomic E-state index is 12.9. The molecule has 0 aromatic heterocycles. The Kier molecular flexibility index (Phi) is 4.07. The summed E-state index contributed by atoms with van der Waals surface area (Å²) in [5, 5.41) is 12.9. The molecule has 1 unspecified atom stereocenters. The molecule has 3 rings (SSSR count). The first-order valence-electron chi connectivity index (χ1n) is 7.41. The lowest BCUT2D eigenvalue weighted by atomic mass is 9.94. The lowest BCUT2D eigenvalue weighted by molar-refractivity contribution is -0.367. The van der Waals surface area contributed by atoms with Crippen LogP contribution in [0.2, 0.25) is 0 Å². The summed E-state index contributed by atoms with van der Waals surface area (Å²) < 4.78 is 6.01. The topological polar surface area (TPSA) is 53.8 Å². The molecule has 1 aliphatic rings. The average Bonchev–Trinajstić information content (AvgIpc) is 2.90. The number of rotatable bonds is 3. The first-order valence-corrected chi connectivity index (χ1v) is 7.41. The average molecular weight is 313 g/mol. The molecule has 5 heteroatoms. The van der Waals surface area contributed by atoms with Gasteiger partial charge < -0.3 is 9.94 Å². The third-order valence-electron chi connectivity index (χ3n) is 3.85. The monoisotopic (exact) mass is 313 g/mol. The van der Waals surface area contributed by atoms with Crippen LogP contribution in [0.4, 0.5) is 5.69 Å². The van der Waals surface area contributed by atoms with Crippen LogP contribution in [0.15, 0.2) is 54.6 Å². The smallest absolute Gasteiger partial charge is 0.241 e. The van der Waals surface area contributed by atoms with Gasteiger partial charge in [-0.25, -0.2) is 9.78 Å². The molecule has 0 aliphatic carbocycles.